The van der Waals surface area contributed by atoms with Gasteiger partial charge in [0.25, 0.3) is 0 Å². The van der Waals surface area contributed by atoms with Crippen molar-refractivity contribution in [3.05, 3.63) is 58.6 Å². The van der Waals surface area contributed by atoms with Crippen LogP contribution in [0, 0.1) is 12.8 Å². The molecule has 1 aromatic heterocycles. The van der Waals surface area contributed by atoms with Crippen molar-refractivity contribution in [3.63, 3.8) is 0 Å². The number of halogens is 1. The van der Waals surface area contributed by atoms with Gasteiger partial charge in [-0.05, 0) is 43.5 Å². The number of anilines is 1. The molecular weight excluding hydrogens is 456 g/mol. The van der Waals surface area contributed by atoms with Gasteiger partial charge in [-0.3, -0.25) is 9.69 Å². The highest BCUT2D eigenvalue weighted by Crippen LogP contribution is 2.44. The molecule has 3 aromatic rings. The van der Waals surface area contributed by atoms with Crippen LogP contribution in [-0.4, -0.2) is 26.8 Å². The van der Waals surface area contributed by atoms with Gasteiger partial charge in [-0.25, -0.2) is 0 Å². The highest BCUT2D eigenvalue weighted by molar-refractivity contribution is 7.99. The van der Waals surface area contributed by atoms with Crippen LogP contribution in [0.3, 0.4) is 0 Å². The van der Waals surface area contributed by atoms with Crippen molar-refractivity contribution in [1.29, 1.82) is 0 Å². The lowest BCUT2D eigenvalue weighted by Crippen LogP contribution is -2.37. The number of fused-ring (bicyclic) bond motifs is 3. The van der Waals surface area contributed by atoms with Crippen LogP contribution in [0.5, 0.6) is 5.88 Å². The Bertz CT molecular complexity index is 1150. The minimum absolute atomic E-state index is 0.0626. The number of aromatic nitrogens is 3. The first kappa shape index (κ1) is 23.5. The molecule has 0 bridgehead atoms. The SMILES string of the molecule is CCC(=O)N1c2ccc(C)cc2-c2nnc(SCCC(C)C)nc2O[C@H]1c1ccc(Cl)cc1. The second kappa shape index (κ2) is 10.1. The minimum Gasteiger partial charge on any atom is -0.447 e. The normalized spacial score (nSPS) is 15.0. The second-order valence-corrected chi connectivity index (χ2v) is 9.94. The second-order valence-electron chi connectivity index (χ2n) is 8.44. The minimum atomic E-state index is -0.706. The molecule has 1 amide bonds. The standard InChI is InChI=1S/C25H27ClN4O2S/c1-5-21(31)30-20-11-6-16(4)14-19(20)22-23(27-25(29-28-22)33-13-12-15(2)3)32-24(30)17-7-9-18(26)10-8-17/h6-11,14-15,24H,5,12-13H2,1-4H3/t24-/m0/s1. The average Bonchev–Trinajstić information content (AvgIpc) is 2.93. The van der Waals surface area contributed by atoms with Gasteiger partial charge in [0.2, 0.25) is 23.2 Å². The molecule has 0 saturated carbocycles. The van der Waals surface area contributed by atoms with Crippen LogP contribution in [0.15, 0.2) is 47.6 Å². The molecule has 8 heteroatoms. The van der Waals surface area contributed by atoms with E-state index in [1.165, 1.54) is 0 Å². The van der Waals surface area contributed by atoms with Crippen molar-refractivity contribution in [1.82, 2.24) is 15.2 Å². The first-order valence-electron chi connectivity index (χ1n) is 11.1. The summed E-state index contributed by atoms with van der Waals surface area (Å²) >= 11 is 7.69. The summed E-state index contributed by atoms with van der Waals surface area (Å²) in [6.45, 7) is 8.23. The van der Waals surface area contributed by atoms with E-state index in [2.05, 4.69) is 24.0 Å². The van der Waals surface area contributed by atoms with Crippen molar-refractivity contribution in [3.8, 4) is 17.1 Å². The first-order valence-corrected chi connectivity index (χ1v) is 12.5. The Morgan fingerprint density at radius 1 is 1.18 bits per heavy atom. The van der Waals surface area contributed by atoms with E-state index in [1.54, 1.807) is 28.8 Å². The van der Waals surface area contributed by atoms with E-state index in [1.807, 2.05) is 44.2 Å². The highest BCUT2D eigenvalue weighted by atomic mass is 35.5. The molecule has 0 fully saturated rings. The zero-order valence-electron chi connectivity index (χ0n) is 19.2. The van der Waals surface area contributed by atoms with Gasteiger partial charge >= 0.3 is 0 Å². The predicted octanol–water partition coefficient (Wildman–Crippen LogP) is 6.47. The number of amides is 1. The van der Waals surface area contributed by atoms with Crippen molar-refractivity contribution < 1.29 is 9.53 Å². The van der Waals surface area contributed by atoms with Gasteiger partial charge in [0.1, 0.15) is 0 Å². The summed E-state index contributed by atoms with van der Waals surface area (Å²) in [5.41, 5.74) is 3.88. The molecular formula is C25H27ClN4O2S. The van der Waals surface area contributed by atoms with Gasteiger partial charge in [-0.2, -0.15) is 4.98 Å². The Labute approximate surface area is 203 Å². The summed E-state index contributed by atoms with van der Waals surface area (Å²) in [6.07, 6.45) is 0.676. The Morgan fingerprint density at radius 2 is 1.94 bits per heavy atom. The molecule has 1 aliphatic heterocycles. The maximum Gasteiger partial charge on any atom is 0.247 e. The topological polar surface area (TPSA) is 68.2 Å². The molecule has 4 rings (SSSR count). The zero-order chi connectivity index (χ0) is 23.5. The lowest BCUT2D eigenvalue weighted by Gasteiger charge is -2.30. The zero-order valence-corrected chi connectivity index (χ0v) is 20.8. The molecule has 0 aliphatic carbocycles. The van der Waals surface area contributed by atoms with Gasteiger partial charge < -0.3 is 4.74 Å². The van der Waals surface area contributed by atoms with E-state index in [4.69, 9.17) is 21.3 Å². The van der Waals surface area contributed by atoms with Crippen molar-refractivity contribution >= 4 is 35.0 Å². The fourth-order valence-corrected chi connectivity index (χ4v) is 4.75. The number of ether oxygens (including phenoxy) is 1. The van der Waals surface area contributed by atoms with E-state index in [9.17, 15) is 4.79 Å². The Morgan fingerprint density at radius 3 is 2.64 bits per heavy atom. The first-order chi connectivity index (χ1) is 15.9. The number of thioether (sulfide) groups is 1. The number of rotatable bonds is 6. The molecule has 1 atom stereocenters. The Kier molecular flexibility index (Phi) is 7.20. The van der Waals surface area contributed by atoms with Gasteiger partial charge in [0.05, 0.1) is 5.69 Å². The van der Waals surface area contributed by atoms with Crippen LogP contribution in [0.2, 0.25) is 5.02 Å². The van der Waals surface area contributed by atoms with E-state index >= 15 is 0 Å². The Hall–Kier alpha value is -2.64. The van der Waals surface area contributed by atoms with Crippen LogP contribution < -0.4 is 9.64 Å². The quantitative estimate of drug-likeness (QED) is 0.375. The lowest BCUT2D eigenvalue weighted by atomic mass is 10.0. The maximum absolute atomic E-state index is 13.2. The molecule has 6 nitrogen and oxygen atoms in total. The molecule has 0 N–H and O–H groups in total. The molecule has 172 valence electrons. The summed E-state index contributed by atoms with van der Waals surface area (Å²) in [5, 5.41) is 10.0. The summed E-state index contributed by atoms with van der Waals surface area (Å²) in [7, 11) is 0. The van der Waals surface area contributed by atoms with E-state index in [-0.39, 0.29) is 5.91 Å². The van der Waals surface area contributed by atoms with E-state index in [0.717, 1.165) is 34.6 Å². The molecule has 1 aliphatic rings. The molecule has 0 saturated heterocycles. The summed E-state index contributed by atoms with van der Waals surface area (Å²) in [5.74, 6) is 1.80. The molecule has 0 unspecified atom stereocenters. The monoisotopic (exact) mass is 482 g/mol. The molecule has 2 aromatic carbocycles. The van der Waals surface area contributed by atoms with Gasteiger partial charge in [-0.15, -0.1) is 10.2 Å². The van der Waals surface area contributed by atoms with Crippen LogP contribution in [0.4, 0.5) is 5.69 Å². The van der Waals surface area contributed by atoms with Crippen molar-refractivity contribution in [2.45, 2.75) is 51.9 Å². The number of aryl methyl sites for hydroxylation is 1. The summed E-state index contributed by atoms with van der Waals surface area (Å²) in [4.78, 5) is 19.6. The number of benzene rings is 2. The molecule has 33 heavy (non-hydrogen) atoms. The highest BCUT2D eigenvalue weighted by Gasteiger charge is 2.35. The lowest BCUT2D eigenvalue weighted by molar-refractivity contribution is -0.120. The van der Waals surface area contributed by atoms with Crippen molar-refractivity contribution in [2.24, 2.45) is 5.92 Å². The Balaban J connectivity index is 1.85. The fraction of sp³-hybridized carbons (Fsp3) is 0.360. The summed E-state index contributed by atoms with van der Waals surface area (Å²) < 4.78 is 6.44. The number of carbonyl (C=O) groups excluding carboxylic acids is 1. The molecule has 2 heterocycles. The largest absolute Gasteiger partial charge is 0.447 e. The van der Waals surface area contributed by atoms with Crippen molar-refractivity contribution in [2.75, 3.05) is 10.7 Å². The van der Waals surface area contributed by atoms with E-state index < -0.39 is 6.23 Å². The smallest absolute Gasteiger partial charge is 0.247 e. The van der Waals surface area contributed by atoms with Crippen LogP contribution >= 0.6 is 23.4 Å². The van der Waals surface area contributed by atoms with Gasteiger partial charge in [0.15, 0.2) is 5.69 Å². The number of hydrogen-bond donors (Lipinski definition) is 0. The summed E-state index contributed by atoms with van der Waals surface area (Å²) in [6, 6.07) is 13.2. The third-order valence-electron chi connectivity index (χ3n) is 5.41. The maximum atomic E-state index is 13.2. The fourth-order valence-electron chi connectivity index (χ4n) is 3.61. The third kappa shape index (κ3) is 5.14. The number of hydrogen-bond acceptors (Lipinski definition) is 6. The number of carbonyl (C=O) groups is 1. The molecule has 0 radical (unpaired) electrons. The van der Waals surface area contributed by atoms with Crippen LogP contribution in [0.25, 0.3) is 11.3 Å². The van der Waals surface area contributed by atoms with Gasteiger partial charge in [-0.1, -0.05) is 67.9 Å². The average molecular weight is 483 g/mol. The number of nitrogens with zero attached hydrogens (tertiary/aromatic N) is 4. The third-order valence-corrected chi connectivity index (χ3v) is 6.54. The van der Waals surface area contributed by atoms with Crippen LogP contribution in [0.1, 0.15) is 51.0 Å². The van der Waals surface area contributed by atoms with Gasteiger partial charge in [0, 0.05) is 28.3 Å². The van der Waals surface area contributed by atoms with Crippen LogP contribution in [-0.2, 0) is 4.79 Å². The van der Waals surface area contributed by atoms with E-state index in [0.29, 0.717) is 34.1 Å². The predicted molar refractivity (Wildman–Crippen MR) is 133 cm³/mol. The molecule has 0 spiro atoms.